The first-order valence-corrected chi connectivity index (χ1v) is 6.59. The summed E-state index contributed by atoms with van der Waals surface area (Å²) in [6.07, 6.45) is 1.76. The van der Waals surface area contributed by atoms with Gasteiger partial charge < -0.3 is 10.5 Å². The molecule has 4 nitrogen and oxygen atoms in total. The summed E-state index contributed by atoms with van der Waals surface area (Å²) >= 11 is 0. The van der Waals surface area contributed by atoms with E-state index >= 15 is 0 Å². The van der Waals surface area contributed by atoms with Gasteiger partial charge >= 0.3 is 0 Å². The van der Waals surface area contributed by atoms with Gasteiger partial charge in [0, 0.05) is 23.0 Å². The second kappa shape index (κ2) is 5.63. The Labute approximate surface area is 123 Å². The number of nitrogens with zero attached hydrogens (tertiary/aromatic N) is 2. The maximum atomic E-state index is 5.71. The van der Waals surface area contributed by atoms with Crippen molar-refractivity contribution in [3.05, 3.63) is 60.8 Å². The van der Waals surface area contributed by atoms with Gasteiger partial charge in [-0.15, -0.1) is 0 Å². The van der Waals surface area contributed by atoms with Crippen molar-refractivity contribution in [1.29, 1.82) is 0 Å². The van der Waals surface area contributed by atoms with Crippen molar-refractivity contribution in [3.63, 3.8) is 0 Å². The highest BCUT2D eigenvalue weighted by Gasteiger charge is 2.05. The van der Waals surface area contributed by atoms with Crippen molar-refractivity contribution >= 4 is 5.69 Å². The minimum absolute atomic E-state index is 0.687. The third kappa shape index (κ3) is 2.84. The molecule has 0 aliphatic heterocycles. The summed E-state index contributed by atoms with van der Waals surface area (Å²) in [4.78, 5) is 8.94. The van der Waals surface area contributed by atoms with Gasteiger partial charge in [-0.25, -0.2) is 9.97 Å². The fourth-order valence-electron chi connectivity index (χ4n) is 2.05. The van der Waals surface area contributed by atoms with Crippen LogP contribution in [0.25, 0.3) is 22.6 Å². The van der Waals surface area contributed by atoms with Crippen molar-refractivity contribution in [2.24, 2.45) is 0 Å². The van der Waals surface area contributed by atoms with E-state index in [1.807, 2.05) is 54.6 Å². The molecule has 4 heteroatoms. The minimum Gasteiger partial charge on any atom is -0.497 e. The molecular formula is C17H15N3O. The summed E-state index contributed by atoms with van der Waals surface area (Å²) in [5.74, 6) is 1.50. The molecule has 0 radical (unpaired) electrons. The van der Waals surface area contributed by atoms with E-state index in [1.54, 1.807) is 13.3 Å². The molecule has 0 spiro atoms. The first-order chi connectivity index (χ1) is 10.3. The average Bonchev–Trinajstić information content (AvgIpc) is 2.56. The average molecular weight is 277 g/mol. The number of methoxy groups -OCH3 is 1. The van der Waals surface area contributed by atoms with Crippen molar-refractivity contribution in [2.75, 3.05) is 12.8 Å². The molecule has 0 aliphatic rings. The topological polar surface area (TPSA) is 61.0 Å². The molecule has 0 amide bonds. The molecule has 21 heavy (non-hydrogen) atoms. The zero-order valence-electron chi connectivity index (χ0n) is 11.7. The van der Waals surface area contributed by atoms with Crippen LogP contribution < -0.4 is 10.5 Å². The highest BCUT2D eigenvalue weighted by molar-refractivity contribution is 5.65. The lowest BCUT2D eigenvalue weighted by atomic mass is 10.1. The van der Waals surface area contributed by atoms with E-state index in [2.05, 4.69) is 9.97 Å². The summed E-state index contributed by atoms with van der Waals surface area (Å²) in [5.41, 5.74) is 9.29. The van der Waals surface area contributed by atoms with E-state index in [9.17, 15) is 0 Å². The molecule has 3 aromatic rings. The molecule has 0 bridgehead atoms. The maximum Gasteiger partial charge on any atom is 0.159 e. The van der Waals surface area contributed by atoms with Crippen molar-refractivity contribution in [3.8, 4) is 28.4 Å². The maximum absolute atomic E-state index is 5.71. The molecule has 2 aromatic carbocycles. The predicted molar refractivity (Wildman–Crippen MR) is 83.9 cm³/mol. The Morgan fingerprint density at radius 3 is 2.19 bits per heavy atom. The molecule has 1 aromatic heterocycles. The summed E-state index contributed by atoms with van der Waals surface area (Å²) in [6.45, 7) is 0. The van der Waals surface area contributed by atoms with E-state index < -0.39 is 0 Å². The minimum atomic E-state index is 0.687. The van der Waals surface area contributed by atoms with E-state index in [0.717, 1.165) is 28.3 Å². The van der Waals surface area contributed by atoms with E-state index in [0.29, 0.717) is 5.82 Å². The summed E-state index contributed by atoms with van der Waals surface area (Å²) in [6, 6.07) is 17.2. The quantitative estimate of drug-likeness (QED) is 0.745. The molecule has 0 atom stereocenters. The molecule has 104 valence electrons. The van der Waals surface area contributed by atoms with Gasteiger partial charge in [0.1, 0.15) is 5.75 Å². The van der Waals surface area contributed by atoms with Gasteiger partial charge in [-0.05, 0) is 42.5 Å². The van der Waals surface area contributed by atoms with Crippen molar-refractivity contribution in [2.45, 2.75) is 0 Å². The number of nitrogen functional groups attached to an aromatic ring is 1. The second-order valence-electron chi connectivity index (χ2n) is 4.62. The van der Waals surface area contributed by atoms with Crippen LogP contribution in [0.15, 0.2) is 60.8 Å². The molecule has 2 N–H and O–H groups in total. The Kier molecular flexibility index (Phi) is 3.51. The highest BCUT2D eigenvalue weighted by atomic mass is 16.5. The number of rotatable bonds is 3. The number of benzene rings is 2. The molecule has 0 aliphatic carbocycles. The Bertz CT molecular complexity index is 737. The standard InChI is InChI=1S/C17H15N3O/c1-21-15-8-4-13(5-9-15)17-19-11-10-16(20-17)12-2-6-14(18)7-3-12/h2-11H,18H2,1H3. The lowest BCUT2D eigenvalue weighted by Gasteiger charge is -2.05. The lowest BCUT2D eigenvalue weighted by molar-refractivity contribution is 0.415. The molecule has 0 fully saturated rings. The van der Waals surface area contributed by atoms with Crippen LogP contribution in [0.4, 0.5) is 5.69 Å². The second-order valence-corrected chi connectivity index (χ2v) is 4.62. The highest BCUT2D eigenvalue weighted by Crippen LogP contribution is 2.23. The molecule has 1 heterocycles. The zero-order chi connectivity index (χ0) is 14.7. The molecule has 0 unspecified atom stereocenters. The smallest absolute Gasteiger partial charge is 0.159 e. The van der Waals surface area contributed by atoms with Gasteiger partial charge in [0.15, 0.2) is 5.82 Å². The largest absolute Gasteiger partial charge is 0.497 e. The van der Waals surface area contributed by atoms with Gasteiger partial charge in [0.2, 0.25) is 0 Å². The summed E-state index contributed by atoms with van der Waals surface area (Å²) < 4.78 is 5.16. The molecular weight excluding hydrogens is 262 g/mol. The number of ether oxygens (including phenoxy) is 1. The first-order valence-electron chi connectivity index (χ1n) is 6.59. The van der Waals surface area contributed by atoms with Crippen molar-refractivity contribution < 1.29 is 4.74 Å². The normalized spacial score (nSPS) is 10.3. The third-order valence-corrected chi connectivity index (χ3v) is 3.21. The lowest BCUT2D eigenvalue weighted by Crippen LogP contribution is -1.92. The van der Waals surface area contributed by atoms with Gasteiger partial charge in [0.05, 0.1) is 12.8 Å². The number of hydrogen-bond donors (Lipinski definition) is 1. The predicted octanol–water partition coefficient (Wildman–Crippen LogP) is 3.40. The summed E-state index contributed by atoms with van der Waals surface area (Å²) in [5, 5.41) is 0. The van der Waals surface area contributed by atoms with Gasteiger partial charge in [0.25, 0.3) is 0 Å². The van der Waals surface area contributed by atoms with Crippen LogP contribution in [0.1, 0.15) is 0 Å². The van der Waals surface area contributed by atoms with E-state index in [4.69, 9.17) is 10.5 Å². The number of anilines is 1. The third-order valence-electron chi connectivity index (χ3n) is 3.21. The molecule has 3 rings (SSSR count). The Balaban J connectivity index is 1.97. The van der Waals surface area contributed by atoms with Crippen LogP contribution in [0.5, 0.6) is 5.75 Å². The number of aromatic nitrogens is 2. The monoisotopic (exact) mass is 277 g/mol. The Morgan fingerprint density at radius 1 is 0.857 bits per heavy atom. The molecule has 0 saturated carbocycles. The van der Waals surface area contributed by atoms with Crippen LogP contribution in [0.3, 0.4) is 0 Å². The zero-order valence-corrected chi connectivity index (χ0v) is 11.7. The SMILES string of the molecule is COc1ccc(-c2nccc(-c3ccc(N)cc3)n2)cc1. The van der Waals surface area contributed by atoms with Crippen LogP contribution >= 0.6 is 0 Å². The number of hydrogen-bond acceptors (Lipinski definition) is 4. The van der Waals surface area contributed by atoms with E-state index in [-0.39, 0.29) is 0 Å². The fraction of sp³-hybridized carbons (Fsp3) is 0.0588. The Hall–Kier alpha value is -2.88. The molecule has 0 saturated heterocycles. The fourth-order valence-corrected chi connectivity index (χ4v) is 2.05. The summed E-state index contributed by atoms with van der Waals surface area (Å²) in [7, 11) is 1.65. The number of nitrogens with two attached hydrogens (primary N) is 1. The van der Waals surface area contributed by atoms with Crippen LogP contribution in [0.2, 0.25) is 0 Å². The van der Waals surface area contributed by atoms with Crippen LogP contribution in [-0.4, -0.2) is 17.1 Å². The van der Waals surface area contributed by atoms with E-state index in [1.165, 1.54) is 0 Å². The van der Waals surface area contributed by atoms with Crippen LogP contribution in [-0.2, 0) is 0 Å². The van der Waals surface area contributed by atoms with Gasteiger partial charge in [-0.2, -0.15) is 0 Å². The van der Waals surface area contributed by atoms with Crippen molar-refractivity contribution in [1.82, 2.24) is 9.97 Å². The van der Waals surface area contributed by atoms with Gasteiger partial charge in [-0.3, -0.25) is 0 Å². The van der Waals surface area contributed by atoms with Crippen LogP contribution in [0, 0.1) is 0 Å². The Morgan fingerprint density at radius 2 is 1.52 bits per heavy atom. The van der Waals surface area contributed by atoms with Gasteiger partial charge in [-0.1, -0.05) is 12.1 Å². The first kappa shape index (κ1) is 13.1.